The second-order valence-electron chi connectivity index (χ2n) is 10.1. The largest absolute Gasteiger partial charge is 0.416 e. The Bertz CT molecular complexity index is 1050. The lowest BCUT2D eigenvalue weighted by Crippen LogP contribution is -2.52. The molecule has 1 heterocycles. The molecule has 1 N–H and O–H groups in total. The van der Waals surface area contributed by atoms with E-state index in [-0.39, 0.29) is 18.6 Å². The minimum absolute atomic E-state index is 0.155. The molecule has 2 unspecified atom stereocenters. The monoisotopic (exact) mass is 611 g/mol. The fourth-order valence-corrected chi connectivity index (χ4v) is 5.95. The number of rotatable bonds is 6. The van der Waals surface area contributed by atoms with Gasteiger partial charge in [0.15, 0.2) is 9.04 Å². The van der Waals surface area contributed by atoms with Crippen molar-refractivity contribution in [2.45, 2.75) is 75.1 Å². The Hall–Kier alpha value is -2.26. The summed E-state index contributed by atoms with van der Waals surface area (Å²) in [5.41, 5.74) is -10.9. The van der Waals surface area contributed by atoms with Gasteiger partial charge in [0.05, 0.1) is 28.4 Å². The van der Waals surface area contributed by atoms with Gasteiger partial charge < -0.3 is 9.74 Å². The molecule has 0 bridgehead atoms. The molecule has 2 aromatic carbocycles. The first-order valence-electron chi connectivity index (χ1n) is 12.0. The fraction of sp³-hybridized carbons (Fsp3) is 0.520. The van der Waals surface area contributed by atoms with Gasteiger partial charge in [-0.2, -0.15) is 52.7 Å². The van der Waals surface area contributed by atoms with E-state index in [4.69, 9.17) is 4.43 Å². The van der Waals surface area contributed by atoms with Crippen LogP contribution in [0, 0.1) is 0 Å². The Balaban J connectivity index is 2.51. The first kappa shape index (κ1) is 32.3. The van der Waals surface area contributed by atoms with Gasteiger partial charge >= 0.3 is 24.7 Å². The van der Waals surface area contributed by atoms with Gasteiger partial charge in [-0.25, -0.2) is 0 Å². The quantitative estimate of drug-likeness (QED) is 0.263. The van der Waals surface area contributed by atoms with Crippen LogP contribution in [-0.4, -0.2) is 27.7 Å². The highest BCUT2D eigenvalue weighted by molar-refractivity contribution is 6.48. The molecule has 0 spiro atoms. The first-order valence-corrected chi connectivity index (χ1v) is 14.8. The van der Waals surface area contributed by atoms with Gasteiger partial charge in [-0.1, -0.05) is 0 Å². The second kappa shape index (κ2) is 10.9. The smallest absolute Gasteiger partial charge is 0.415 e. The molecular formula is C25H25F12NOSi. The Morgan fingerprint density at radius 1 is 0.650 bits per heavy atom. The van der Waals surface area contributed by atoms with Crippen molar-refractivity contribution in [1.82, 2.24) is 5.32 Å². The van der Waals surface area contributed by atoms with Crippen LogP contribution in [0.5, 0.6) is 0 Å². The zero-order valence-electron chi connectivity index (χ0n) is 21.3. The molecule has 0 aromatic heterocycles. The van der Waals surface area contributed by atoms with Crippen molar-refractivity contribution in [1.29, 1.82) is 0 Å². The Morgan fingerprint density at radius 2 is 0.975 bits per heavy atom. The number of alkyl halides is 12. The minimum Gasteiger partial charge on any atom is -0.415 e. The van der Waals surface area contributed by atoms with Crippen molar-refractivity contribution in [2.75, 3.05) is 6.54 Å². The highest BCUT2D eigenvalue weighted by atomic mass is 28.3. The average Bonchev–Trinajstić information content (AvgIpc) is 3.33. The molecule has 2 aromatic rings. The maximum Gasteiger partial charge on any atom is 0.416 e. The number of hydrogen-bond donors (Lipinski definition) is 1. The minimum atomic E-state index is -5.31. The summed E-state index contributed by atoms with van der Waals surface area (Å²) in [5, 5.41) is 2.99. The van der Waals surface area contributed by atoms with E-state index in [1.807, 2.05) is 0 Å². The summed E-state index contributed by atoms with van der Waals surface area (Å²) < 4.78 is 171. The standard InChI is InChI=1S/C25H25F12NOSi/c1-21(20(39-40(2)3)19-5-4-6-38-19,13-7-15(22(26,27)28)11-16(8-13)23(29,30)31)14-9-17(24(32,33)34)12-18(10-14)25(35,36)37/h7-12,19-20,38,40H,4-6H2,1-3H3. The van der Waals surface area contributed by atoms with Gasteiger partial charge in [-0.05, 0) is 86.9 Å². The molecule has 2 atom stereocenters. The van der Waals surface area contributed by atoms with Gasteiger partial charge in [0.25, 0.3) is 0 Å². The number of nitrogens with one attached hydrogen (secondary N) is 1. The van der Waals surface area contributed by atoms with Crippen molar-refractivity contribution in [3.8, 4) is 0 Å². The van der Waals surface area contributed by atoms with Crippen LogP contribution < -0.4 is 5.32 Å². The summed E-state index contributed by atoms with van der Waals surface area (Å²) >= 11 is 0. The molecule has 3 rings (SSSR count). The van der Waals surface area contributed by atoms with E-state index in [9.17, 15) is 52.7 Å². The topological polar surface area (TPSA) is 21.3 Å². The third-order valence-electron chi connectivity index (χ3n) is 6.83. The number of benzene rings is 2. The molecule has 1 aliphatic heterocycles. The van der Waals surface area contributed by atoms with Crippen LogP contribution in [0.3, 0.4) is 0 Å². The third kappa shape index (κ3) is 6.96. The predicted molar refractivity (Wildman–Crippen MR) is 124 cm³/mol. The molecular weight excluding hydrogens is 586 g/mol. The highest BCUT2D eigenvalue weighted by Crippen LogP contribution is 2.47. The predicted octanol–water partition coefficient (Wildman–Crippen LogP) is 8.19. The summed E-state index contributed by atoms with van der Waals surface area (Å²) in [6.45, 7) is 4.61. The van der Waals surface area contributed by atoms with E-state index in [0.29, 0.717) is 37.2 Å². The maximum absolute atomic E-state index is 13.8. The van der Waals surface area contributed by atoms with Crippen LogP contribution in [0.2, 0.25) is 13.1 Å². The molecule has 0 radical (unpaired) electrons. The van der Waals surface area contributed by atoms with Crippen LogP contribution in [0.1, 0.15) is 53.1 Å². The van der Waals surface area contributed by atoms with Crippen LogP contribution in [0.15, 0.2) is 36.4 Å². The fourth-order valence-electron chi connectivity index (χ4n) is 4.90. The van der Waals surface area contributed by atoms with Gasteiger partial charge in [-0.15, -0.1) is 0 Å². The van der Waals surface area contributed by atoms with Crippen LogP contribution in [0.4, 0.5) is 52.7 Å². The van der Waals surface area contributed by atoms with Crippen molar-refractivity contribution in [3.05, 3.63) is 69.8 Å². The third-order valence-corrected chi connectivity index (χ3v) is 7.66. The second-order valence-corrected chi connectivity index (χ2v) is 12.5. The zero-order valence-corrected chi connectivity index (χ0v) is 22.4. The maximum atomic E-state index is 13.8. The van der Waals surface area contributed by atoms with Crippen LogP contribution >= 0.6 is 0 Å². The molecule has 1 saturated heterocycles. The van der Waals surface area contributed by atoms with Crippen molar-refractivity contribution < 1.29 is 57.1 Å². The summed E-state index contributed by atoms with van der Waals surface area (Å²) in [7, 11) is -2.24. The van der Waals surface area contributed by atoms with Crippen molar-refractivity contribution >= 4 is 9.04 Å². The summed E-state index contributed by atoms with van der Waals surface area (Å²) in [6.07, 6.45) is -21.9. The molecule has 40 heavy (non-hydrogen) atoms. The van der Waals surface area contributed by atoms with Crippen LogP contribution in [0.25, 0.3) is 0 Å². The summed E-state index contributed by atoms with van der Waals surface area (Å²) in [6, 6.07) is 0.223. The molecule has 15 heteroatoms. The normalized spacial score (nSPS) is 18.4. The number of hydrogen-bond acceptors (Lipinski definition) is 2. The average molecular weight is 612 g/mol. The van der Waals surface area contributed by atoms with Crippen molar-refractivity contribution in [2.24, 2.45) is 0 Å². The van der Waals surface area contributed by atoms with E-state index in [1.165, 1.54) is 0 Å². The lowest BCUT2D eigenvalue weighted by molar-refractivity contribution is -0.144. The van der Waals surface area contributed by atoms with E-state index < -0.39 is 84.7 Å². The van der Waals surface area contributed by atoms with Gasteiger partial charge in [0, 0.05) is 11.5 Å². The highest BCUT2D eigenvalue weighted by Gasteiger charge is 2.48. The van der Waals surface area contributed by atoms with Crippen molar-refractivity contribution in [3.63, 3.8) is 0 Å². The first-order chi connectivity index (χ1) is 18.0. The molecule has 1 fully saturated rings. The van der Waals surface area contributed by atoms with Gasteiger partial charge in [0.1, 0.15) is 0 Å². The Labute approximate surface area is 223 Å². The molecule has 0 amide bonds. The molecule has 2 nitrogen and oxygen atoms in total. The molecule has 0 saturated carbocycles. The summed E-state index contributed by atoms with van der Waals surface area (Å²) in [5.74, 6) is 0. The number of halogens is 12. The van der Waals surface area contributed by atoms with E-state index in [1.54, 1.807) is 13.1 Å². The lowest BCUT2D eigenvalue weighted by Gasteiger charge is -2.44. The summed E-state index contributed by atoms with van der Waals surface area (Å²) in [4.78, 5) is 0. The lowest BCUT2D eigenvalue weighted by atomic mass is 9.68. The van der Waals surface area contributed by atoms with E-state index in [0.717, 1.165) is 6.92 Å². The van der Waals surface area contributed by atoms with Gasteiger partial charge in [0.2, 0.25) is 0 Å². The van der Waals surface area contributed by atoms with E-state index in [2.05, 4.69) is 5.32 Å². The molecule has 1 aliphatic rings. The zero-order chi connectivity index (χ0) is 30.5. The Kier molecular flexibility index (Phi) is 8.75. The van der Waals surface area contributed by atoms with E-state index >= 15 is 0 Å². The SMILES string of the molecule is C[SiH](C)OC(C1CCCN1)C(C)(c1cc(C(F)(F)F)cc(C(F)(F)F)c1)c1cc(C(F)(F)F)cc(C(F)(F)F)c1. The Morgan fingerprint density at radius 3 is 1.23 bits per heavy atom. The molecule has 0 aliphatic carbocycles. The van der Waals surface area contributed by atoms with Gasteiger partial charge in [-0.3, -0.25) is 0 Å². The molecule has 224 valence electrons. The van der Waals surface area contributed by atoms with Crippen LogP contribution in [-0.2, 0) is 34.5 Å².